The molecule has 1 saturated heterocycles. The van der Waals surface area contributed by atoms with Crippen LogP contribution in [-0.2, 0) is 15.7 Å². The molecule has 1 saturated carbocycles. The number of rotatable bonds is 8. The van der Waals surface area contributed by atoms with E-state index < -0.39 is 11.7 Å². The van der Waals surface area contributed by atoms with Gasteiger partial charge in [-0.2, -0.15) is 13.2 Å². The van der Waals surface area contributed by atoms with Crippen molar-refractivity contribution < 1.29 is 22.7 Å². The van der Waals surface area contributed by atoms with E-state index in [9.17, 15) is 18.0 Å². The normalized spacial score (nSPS) is 19.7. The van der Waals surface area contributed by atoms with Gasteiger partial charge < -0.3 is 15.4 Å². The van der Waals surface area contributed by atoms with Crippen LogP contribution < -0.4 is 10.6 Å². The molecular weight excluding hydrogens is 359 g/mol. The zero-order chi connectivity index (χ0) is 19.3. The first-order valence-electron chi connectivity index (χ1n) is 9.40. The Kier molecular flexibility index (Phi) is 6.73. The van der Waals surface area contributed by atoms with Gasteiger partial charge in [0.2, 0.25) is 5.91 Å². The van der Waals surface area contributed by atoms with E-state index in [0.29, 0.717) is 38.8 Å². The molecule has 1 aliphatic heterocycles. The standard InChI is InChI=1S/C19H26F3N3O2/c20-19(21,22)16-5-3-15(4-6-16)17(25-7-9-27-10-8-25)12-24-18(26)13-23-11-14-1-2-14/h3-6,14,17,23H,1-2,7-13H2,(H,24,26). The number of carbonyl (C=O) groups is 1. The monoisotopic (exact) mass is 385 g/mol. The topological polar surface area (TPSA) is 53.6 Å². The van der Waals surface area contributed by atoms with Crippen molar-refractivity contribution in [3.05, 3.63) is 35.4 Å². The average molecular weight is 385 g/mol. The van der Waals surface area contributed by atoms with E-state index in [1.807, 2.05) is 0 Å². The smallest absolute Gasteiger partial charge is 0.379 e. The molecule has 150 valence electrons. The molecule has 0 aromatic heterocycles. The number of benzene rings is 1. The highest BCUT2D eigenvalue weighted by atomic mass is 19.4. The Morgan fingerprint density at radius 2 is 1.85 bits per heavy atom. The molecule has 1 amide bonds. The third-order valence-electron chi connectivity index (χ3n) is 5.02. The third kappa shape index (κ3) is 6.19. The van der Waals surface area contributed by atoms with Gasteiger partial charge in [-0.25, -0.2) is 0 Å². The van der Waals surface area contributed by atoms with Crippen LogP contribution in [0.2, 0.25) is 0 Å². The van der Waals surface area contributed by atoms with Crippen LogP contribution in [-0.4, -0.2) is 56.7 Å². The van der Waals surface area contributed by atoms with Crippen LogP contribution in [0.4, 0.5) is 13.2 Å². The van der Waals surface area contributed by atoms with Crippen LogP contribution in [0, 0.1) is 5.92 Å². The molecule has 3 rings (SSSR count). The number of alkyl halides is 3. The summed E-state index contributed by atoms with van der Waals surface area (Å²) in [5.74, 6) is 0.604. The van der Waals surface area contributed by atoms with Crippen molar-refractivity contribution in [3.8, 4) is 0 Å². The Labute approximate surface area is 157 Å². The maximum atomic E-state index is 12.8. The molecular formula is C19H26F3N3O2. The summed E-state index contributed by atoms with van der Waals surface area (Å²) in [5, 5.41) is 6.05. The lowest BCUT2D eigenvalue weighted by molar-refractivity contribution is -0.137. The highest BCUT2D eigenvalue weighted by Crippen LogP contribution is 2.31. The van der Waals surface area contributed by atoms with Crippen LogP contribution in [0.15, 0.2) is 24.3 Å². The predicted molar refractivity (Wildman–Crippen MR) is 95.2 cm³/mol. The molecule has 27 heavy (non-hydrogen) atoms. The van der Waals surface area contributed by atoms with Crippen LogP contribution in [0.3, 0.4) is 0 Å². The van der Waals surface area contributed by atoms with Crippen molar-refractivity contribution in [3.63, 3.8) is 0 Å². The van der Waals surface area contributed by atoms with Gasteiger partial charge in [0.25, 0.3) is 0 Å². The zero-order valence-electron chi connectivity index (χ0n) is 15.2. The molecule has 1 heterocycles. The molecule has 1 atom stereocenters. The summed E-state index contributed by atoms with van der Waals surface area (Å²) in [6, 6.07) is 5.02. The molecule has 1 aromatic carbocycles. The summed E-state index contributed by atoms with van der Waals surface area (Å²) in [7, 11) is 0. The third-order valence-corrected chi connectivity index (χ3v) is 5.02. The van der Waals surface area contributed by atoms with Gasteiger partial charge in [0.1, 0.15) is 0 Å². The van der Waals surface area contributed by atoms with Gasteiger partial charge in [-0.3, -0.25) is 9.69 Å². The summed E-state index contributed by atoms with van der Waals surface area (Å²) < 4.78 is 43.8. The number of nitrogens with one attached hydrogen (secondary N) is 2. The fraction of sp³-hybridized carbons (Fsp3) is 0.632. The summed E-state index contributed by atoms with van der Waals surface area (Å²) in [6.07, 6.45) is -1.91. The van der Waals surface area contributed by atoms with Gasteiger partial charge in [-0.1, -0.05) is 12.1 Å². The van der Waals surface area contributed by atoms with Gasteiger partial charge in [0.05, 0.1) is 31.4 Å². The first-order valence-corrected chi connectivity index (χ1v) is 9.40. The van der Waals surface area contributed by atoms with Crippen molar-refractivity contribution in [1.82, 2.24) is 15.5 Å². The molecule has 0 bridgehead atoms. The van der Waals surface area contributed by atoms with Gasteiger partial charge in [0.15, 0.2) is 0 Å². The van der Waals surface area contributed by atoms with Crippen molar-refractivity contribution in [2.75, 3.05) is 45.9 Å². The number of amides is 1. The van der Waals surface area contributed by atoms with E-state index >= 15 is 0 Å². The number of halogens is 3. The van der Waals surface area contributed by atoms with Crippen molar-refractivity contribution in [2.45, 2.75) is 25.1 Å². The van der Waals surface area contributed by atoms with E-state index in [0.717, 1.165) is 24.2 Å². The second-order valence-corrected chi connectivity index (χ2v) is 7.16. The Balaban J connectivity index is 1.60. The molecule has 1 aliphatic carbocycles. The molecule has 0 spiro atoms. The van der Waals surface area contributed by atoms with Gasteiger partial charge >= 0.3 is 6.18 Å². The number of morpholine rings is 1. The number of ether oxygens (including phenoxy) is 1. The van der Waals surface area contributed by atoms with Crippen LogP contribution in [0.5, 0.6) is 0 Å². The lowest BCUT2D eigenvalue weighted by atomic mass is 10.0. The molecule has 8 heteroatoms. The molecule has 5 nitrogen and oxygen atoms in total. The Morgan fingerprint density at radius 1 is 1.19 bits per heavy atom. The molecule has 1 aromatic rings. The van der Waals surface area contributed by atoms with Crippen LogP contribution in [0.1, 0.15) is 30.0 Å². The van der Waals surface area contributed by atoms with Gasteiger partial charge in [0, 0.05) is 19.6 Å². The lowest BCUT2D eigenvalue weighted by Crippen LogP contribution is -2.45. The van der Waals surface area contributed by atoms with Gasteiger partial charge in [-0.15, -0.1) is 0 Å². The quantitative estimate of drug-likeness (QED) is 0.720. The fourth-order valence-corrected chi connectivity index (χ4v) is 3.23. The molecule has 2 fully saturated rings. The fourth-order valence-electron chi connectivity index (χ4n) is 3.23. The van der Waals surface area contributed by atoms with E-state index in [2.05, 4.69) is 15.5 Å². The summed E-state index contributed by atoms with van der Waals surface area (Å²) >= 11 is 0. The summed E-state index contributed by atoms with van der Waals surface area (Å²) in [4.78, 5) is 14.2. The highest BCUT2D eigenvalue weighted by Gasteiger charge is 2.31. The van der Waals surface area contributed by atoms with Crippen molar-refractivity contribution >= 4 is 5.91 Å². The van der Waals surface area contributed by atoms with E-state index in [-0.39, 0.29) is 18.5 Å². The predicted octanol–water partition coefficient (Wildman–Crippen LogP) is 2.19. The molecule has 0 radical (unpaired) electrons. The molecule has 1 unspecified atom stereocenters. The second kappa shape index (κ2) is 9.03. The minimum absolute atomic E-state index is 0.0965. The summed E-state index contributed by atoms with van der Waals surface area (Å²) in [5.41, 5.74) is 0.0939. The highest BCUT2D eigenvalue weighted by molar-refractivity contribution is 5.78. The summed E-state index contributed by atoms with van der Waals surface area (Å²) in [6.45, 7) is 4.00. The minimum Gasteiger partial charge on any atom is -0.379 e. The SMILES string of the molecule is O=C(CNCC1CC1)NCC(c1ccc(C(F)(F)F)cc1)N1CCOCC1. The number of nitrogens with zero attached hydrogens (tertiary/aromatic N) is 1. The van der Waals surface area contributed by atoms with Gasteiger partial charge in [-0.05, 0) is 43.0 Å². The second-order valence-electron chi connectivity index (χ2n) is 7.16. The van der Waals surface area contributed by atoms with Crippen molar-refractivity contribution in [2.24, 2.45) is 5.92 Å². The van der Waals surface area contributed by atoms with Crippen molar-refractivity contribution in [1.29, 1.82) is 0 Å². The van der Waals surface area contributed by atoms with E-state index in [4.69, 9.17) is 4.74 Å². The lowest BCUT2D eigenvalue weighted by Gasteiger charge is -2.35. The molecule has 2 aliphatic rings. The number of hydrogen-bond acceptors (Lipinski definition) is 4. The average Bonchev–Trinajstić information content (AvgIpc) is 3.47. The maximum absolute atomic E-state index is 12.8. The molecule has 2 N–H and O–H groups in total. The first kappa shape index (κ1) is 20.1. The Hall–Kier alpha value is -1.64. The van der Waals surface area contributed by atoms with E-state index in [1.165, 1.54) is 25.0 Å². The van der Waals surface area contributed by atoms with E-state index in [1.54, 1.807) is 0 Å². The maximum Gasteiger partial charge on any atom is 0.416 e. The van der Waals surface area contributed by atoms with Crippen LogP contribution in [0.25, 0.3) is 0 Å². The number of carbonyl (C=O) groups excluding carboxylic acids is 1. The Morgan fingerprint density at radius 3 is 2.44 bits per heavy atom. The van der Waals surface area contributed by atoms with Crippen LogP contribution >= 0.6 is 0 Å². The zero-order valence-corrected chi connectivity index (χ0v) is 15.2. The number of hydrogen-bond donors (Lipinski definition) is 2. The Bertz CT molecular complexity index is 612. The minimum atomic E-state index is -4.35. The largest absolute Gasteiger partial charge is 0.416 e. The first-order chi connectivity index (χ1) is 12.9.